The minimum atomic E-state index is -0.236. The predicted octanol–water partition coefficient (Wildman–Crippen LogP) is 3.73. The minimum absolute atomic E-state index is 0.0439. The van der Waals surface area contributed by atoms with E-state index in [0.29, 0.717) is 5.56 Å². The van der Waals surface area contributed by atoms with Gasteiger partial charge in [0.05, 0.1) is 5.69 Å². The second kappa shape index (κ2) is 7.23. The lowest BCUT2D eigenvalue weighted by atomic mass is 10.1. The molecule has 0 aliphatic carbocycles. The zero-order valence-corrected chi connectivity index (χ0v) is 12.9. The zero-order chi connectivity index (χ0) is 15.2. The first kappa shape index (κ1) is 15.5. The molecule has 0 aliphatic heterocycles. The van der Waals surface area contributed by atoms with E-state index in [1.165, 1.54) is 0 Å². The highest BCUT2D eigenvalue weighted by Gasteiger charge is 2.12. The van der Waals surface area contributed by atoms with Crippen molar-refractivity contribution in [3.63, 3.8) is 0 Å². The van der Waals surface area contributed by atoms with Crippen LogP contribution < -0.4 is 11.3 Å². The fourth-order valence-corrected chi connectivity index (χ4v) is 2.54. The van der Waals surface area contributed by atoms with Crippen molar-refractivity contribution in [2.24, 2.45) is 5.73 Å². The Morgan fingerprint density at radius 2 is 1.81 bits per heavy atom. The normalized spacial score (nSPS) is 12.3. The molecule has 0 bridgehead atoms. The van der Waals surface area contributed by atoms with Gasteiger partial charge in [-0.3, -0.25) is 4.79 Å². The maximum atomic E-state index is 12.7. The lowest BCUT2D eigenvalue weighted by Gasteiger charge is -2.16. The van der Waals surface area contributed by atoms with Crippen molar-refractivity contribution in [2.75, 3.05) is 0 Å². The molecule has 2 aromatic rings. The average Bonchev–Trinajstić information content (AvgIpc) is 2.49. The maximum Gasteiger partial charge on any atom is 0.255 e. The Morgan fingerprint density at radius 1 is 1.10 bits per heavy atom. The number of benzene rings is 1. The first-order valence-electron chi connectivity index (χ1n) is 7.70. The molecule has 0 fully saturated rings. The quantitative estimate of drug-likeness (QED) is 0.822. The van der Waals surface area contributed by atoms with Crippen LogP contribution in [0.3, 0.4) is 0 Å². The molecule has 0 spiro atoms. The van der Waals surface area contributed by atoms with Gasteiger partial charge in [-0.2, -0.15) is 0 Å². The van der Waals surface area contributed by atoms with Crippen LogP contribution in [0.5, 0.6) is 0 Å². The third kappa shape index (κ3) is 3.61. The fraction of sp³-hybridized carbons (Fsp3) is 0.389. The molecule has 112 valence electrons. The molecule has 1 heterocycles. The zero-order valence-electron chi connectivity index (χ0n) is 12.9. The van der Waals surface area contributed by atoms with Gasteiger partial charge in [0.15, 0.2) is 0 Å². The third-order valence-corrected chi connectivity index (χ3v) is 3.75. The summed E-state index contributed by atoms with van der Waals surface area (Å²) < 4.78 is 1.88. The monoisotopic (exact) mass is 284 g/mol. The number of hydrogen-bond acceptors (Lipinski definition) is 2. The Balaban J connectivity index is 2.49. The van der Waals surface area contributed by atoms with E-state index in [0.717, 1.165) is 37.1 Å². The Hall–Kier alpha value is -1.87. The van der Waals surface area contributed by atoms with Crippen LogP contribution in [0.4, 0.5) is 0 Å². The summed E-state index contributed by atoms with van der Waals surface area (Å²) in [5.74, 6) is 0. The summed E-state index contributed by atoms with van der Waals surface area (Å²) in [6.45, 7) is 4.77. The summed E-state index contributed by atoms with van der Waals surface area (Å²) in [6, 6.07) is 13.7. The first-order valence-corrected chi connectivity index (χ1v) is 7.70. The number of unbranched alkanes of at least 4 members (excludes halogenated alkanes) is 2. The van der Waals surface area contributed by atoms with E-state index >= 15 is 0 Å². The van der Waals surface area contributed by atoms with Gasteiger partial charge >= 0.3 is 0 Å². The van der Waals surface area contributed by atoms with Gasteiger partial charge in [-0.25, -0.2) is 0 Å². The van der Waals surface area contributed by atoms with E-state index in [1.54, 1.807) is 0 Å². The predicted molar refractivity (Wildman–Crippen MR) is 88.3 cm³/mol. The molecule has 0 saturated carbocycles. The van der Waals surface area contributed by atoms with Crippen molar-refractivity contribution < 1.29 is 0 Å². The van der Waals surface area contributed by atoms with Gasteiger partial charge in [-0.05, 0) is 31.0 Å². The molecule has 3 heteroatoms. The molecular formula is C18H24N2O. The van der Waals surface area contributed by atoms with Crippen LogP contribution >= 0.6 is 0 Å². The van der Waals surface area contributed by atoms with Gasteiger partial charge in [0.2, 0.25) is 0 Å². The van der Waals surface area contributed by atoms with Crippen molar-refractivity contribution in [1.82, 2.24) is 4.57 Å². The summed E-state index contributed by atoms with van der Waals surface area (Å²) in [4.78, 5) is 12.7. The van der Waals surface area contributed by atoms with Crippen molar-refractivity contribution in [1.29, 1.82) is 0 Å². The molecule has 0 aliphatic rings. The van der Waals surface area contributed by atoms with E-state index in [4.69, 9.17) is 5.73 Å². The van der Waals surface area contributed by atoms with Gasteiger partial charge in [-0.15, -0.1) is 0 Å². The lowest BCUT2D eigenvalue weighted by molar-refractivity contribution is 0.584. The van der Waals surface area contributed by atoms with Crippen LogP contribution in [0, 0.1) is 0 Å². The minimum Gasteiger partial charge on any atom is -0.324 e. The molecule has 2 N–H and O–H groups in total. The fourth-order valence-electron chi connectivity index (χ4n) is 2.54. The maximum absolute atomic E-state index is 12.7. The molecule has 1 atom stereocenters. The van der Waals surface area contributed by atoms with Gasteiger partial charge in [0, 0.05) is 18.2 Å². The van der Waals surface area contributed by atoms with Gasteiger partial charge in [-0.1, -0.05) is 50.1 Å². The highest BCUT2D eigenvalue weighted by Crippen LogP contribution is 2.19. The Bertz CT molecular complexity index is 629. The van der Waals surface area contributed by atoms with Gasteiger partial charge < -0.3 is 10.3 Å². The highest BCUT2D eigenvalue weighted by molar-refractivity contribution is 5.59. The van der Waals surface area contributed by atoms with Crippen LogP contribution in [-0.4, -0.2) is 4.57 Å². The standard InChI is InChI=1S/C18H24N2O/c1-3-4-8-13-20-17(15-9-6-5-7-10-15)12-11-16(14(2)19)18(20)21/h5-7,9-12,14H,3-4,8,13,19H2,1-2H3. The second-order valence-corrected chi connectivity index (χ2v) is 5.49. The van der Waals surface area contributed by atoms with Crippen LogP contribution in [0.1, 0.15) is 44.7 Å². The van der Waals surface area contributed by atoms with Gasteiger partial charge in [0.25, 0.3) is 5.56 Å². The number of rotatable bonds is 6. The number of nitrogens with two attached hydrogens (primary N) is 1. The first-order chi connectivity index (χ1) is 10.1. The van der Waals surface area contributed by atoms with Crippen LogP contribution in [-0.2, 0) is 6.54 Å². The van der Waals surface area contributed by atoms with Crippen molar-refractivity contribution in [3.05, 3.63) is 58.4 Å². The summed E-state index contributed by atoms with van der Waals surface area (Å²) in [7, 11) is 0. The average molecular weight is 284 g/mol. The van der Waals surface area contributed by atoms with Crippen LogP contribution in [0.25, 0.3) is 11.3 Å². The SMILES string of the molecule is CCCCCn1c(-c2ccccc2)ccc(C(C)N)c1=O. The van der Waals surface area contributed by atoms with E-state index in [1.807, 2.05) is 54.0 Å². The molecule has 1 aromatic carbocycles. The molecule has 3 nitrogen and oxygen atoms in total. The molecule has 0 saturated heterocycles. The number of nitrogens with zero attached hydrogens (tertiary/aromatic N) is 1. The highest BCUT2D eigenvalue weighted by atomic mass is 16.1. The molecule has 21 heavy (non-hydrogen) atoms. The lowest BCUT2D eigenvalue weighted by Crippen LogP contribution is -2.28. The van der Waals surface area contributed by atoms with E-state index in [9.17, 15) is 4.79 Å². The largest absolute Gasteiger partial charge is 0.324 e. The molecule has 0 radical (unpaired) electrons. The molecule has 2 rings (SSSR count). The number of aromatic nitrogens is 1. The van der Waals surface area contributed by atoms with Gasteiger partial charge in [0.1, 0.15) is 0 Å². The summed E-state index contributed by atoms with van der Waals surface area (Å²) in [5, 5.41) is 0. The van der Waals surface area contributed by atoms with Crippen molar-refractivity contribution in [3.8, 4) is 11.3 Å². The van der Waals surface area contributed by atoms with E-state index in [2.05, 4.69) is 6.92 Å². The van der Waals surface area contributed by atoms with E-state index < -0.39 is 0 Å². The number of pyridine rings is 1. The van der Waals surface area contributed by atoms with Crippen molar-refractivity contribution in [2.45, 2.75) is 45.7 Å². The van der Waals surface area contributed by atoms with E-state index in [-0.39, 0.29) is 11.6 Å². The Morgan fingerprint density at radius 3 is 2.43 bits per heavy atom. The molecular weight excluding hydrogens is 260 g/mol. The molecule has 1 unspecified atom stereocenters. The second-order valence-electron chi connectivity index (χ2n) is 5.49. The Kier molecular flexibility index (Phi) is 5.34. The topological polar surface area (TPSA) is 48.0 Å². The summed E-state index contributed by atoms with van der Waals surface area (Å²) in [6.07, 6.45) is 3.28. The number of hydrogen-bond donors (Lipinski definition) is 1. The summed E-state index contributed by atoms with van der Waals surface area (Å²) in [5.41, 5.74) is 8.69. The molecule has 0 amide bonds. The molecule has 1 aromatic heterocycles. The van der Waals surface area contributed by atoms with Crippen molar-refractivity contribution >= 4 is 0 Å². The Labute approximate surface area is 126 Å². The smallest absolute Gasteiger partial charge is 0.255 e. The van der Waals surface area contributed by atoms with Crippen LogP contribution in [0.15, 0.2) is 47.3 Å². The third-order valence-electron chi connectivity index (χ3n) is 3.75. The van der Waals surface area contributed by atoms with Crippen LogP contribution in [0.2, 0.25) is 0 Å². The summed E-state index contributed by atoms with van der Waals surface area (Å²) >= 11 is 0.